The Bertz CT molecular complexity index is 1380. The van der Waals surface area contributed by atoms with Crippen molar-refractivity contribution < 1.29 is 0 Å². The van der Waals surface area contributed by atoms with E-state index in [4.69, 9.17) is 0 Å². The van der Waals surface area contributed by atoms with Crippen LogP contribution in [0, 0.1) is 6.92 Å². The van der Waals surface area contributed by atoms with Crippen molar-refractivity contribution in [1.29, 1.82) is 0 Å². The smallest absolute Gasteiger partial charge is 0.261 e. The zero-order valence-electron chi connectivity index (χ0n) is 15.3. The van der Waals surface area contributed by atoms with Crippen LogP contribution in [0.5, 0.6) is 0 Å². The average molecular weight is 367 g/mol. The summed E-state index contributed by atoms with van der Waals surface area (Å²) < 4.78 is 1.63. The van der Waals surface area contributed by atoms with Crippen LogP contribution in [0.3, 0.4) is 0 Å². The number of nitrogens with zero attached hydrogens (tertiary/aromatic N) is 4. The Morgan fingerprint density at radius 1 is 1.00 bits per heavy atom. The van der Waals surface area contributed by atoms with E-state index in [0.29, 0.717) is 17.4 Å². The molecule has 0 spiro atoms. The lowest BCUT2D eigenvalue weighted by Gasteiger charge is -2.09. The van der Waals surface area contributed by atoms with Crippen molar-refractivity contribution in [2.24, 2.45) is 0 Å². The van der Waals surface area contributed by atoms with Crippen molar-refractivity contribution in [3.8, 4) is 11.1 Å². The molecule has 0 aliphatic carbocycles. The molecule has 0 radical (unpaired) electrons. The van der Waals surface area contributed by atoms with E-state index in [1.165, 1.54) is 0 Å². The fourth-order valence-corrected chi connectivity index (χ4v) is 3.49. The van der Waals surface area contributed by atoms with Gasteiger partial charge in [-0.15, -0.1) is 0 Å². The largest absolute Gasteiger partial charge is 0.294 e. The van der Waals surface area contributed by atoms with E-state index in [0.717, 1.165) is 33.3 Å². The van der Waals surface area contributed by atoms with Gasteiger partial charge in [-0.25, -0.2) is 4.98 Å². The minimum atomic E-state index is -0.0637. The SMILES string of the molecule is Cc1[nH]nc2cc(-c3cccc(Cn4cnc5cnccc5c4=O)c3)ccc12. The second-order valence-electron chi connectivity index (χ2n) is 6.85. The number of pyridine rings is 1. The molecule has 5 rings (SSSR count). The molecule has 28 heavy (non-hydrogen) atoms. The van der Waals surface area contributed by atoms with Gasteiger partial charge in [-0.1, -0.05) is 30.3 Å². The Kier molecular flexibility index (Phi) is 3.76. The molecule has 0 saturated heterocycles. The first-order valence-electron chi connectivity index (χ1n) is 9.02. The van der Waals surface area contributed by atoms with E-state index in [1.807, 2.05) is 19.1 Å². The first kappa shape index (κ1) is 16.4. The monoisotopic (exact) mass is 367 g/mol. The van der Waals surface area contributed by atoms with E-state index in [-0.39, 0.29) is 5.56 Å². The maximum Gasteiger partial charge on any atom is 0.261 e. The molecule has 2 aromatic carbocycles. The topological polar surface area (TPSA) is 76.5 Å². The van der Waals surface area contributed by atoms with Crippen molar-refractivity contribution in [3.63, 3.8) is 0 Å². The van der Waals surface area contributed by atoms with E-state index in [2.05, 4.69) is 50.5 Å². The van der Waals surface area contributed by atoms with Gasteiger partial charge in [0.2, 0.25) is 0 Å². The predicted molar refractivity (Wildman–Crippen MR) is 109 cm³/mol. The van der Waals surface area contributed by atoms with Crippen LogP contribution in [0.2, 0.25) is 0 Å². The molecule has 3 heterocycles. The van der Waals surface area contributed by atoms with E-state index < -0.39 is 0 Å². The van der Waals surface area contributed by atoms with Crippen molar-refractivity contribution in [3.05, 3.63) is 88.9 Å². The molecule has 3 aromatic heterocycles. The van der Waals surface area contributed by atoms with Crippen molar-refractivity contribution in [2.45, 2.75) is 13.5 Å². The van der Waals surface area contributed by atoms with Gasteiger partial charge in [-0.3, -0.25) is 19.4 Å². The molecular formula is C22H17N5O. The normalized spacial score (nSPS) is 11.3. The van der Waals surface area contributed by atoms with Gasteiger partial charge >= 0.3 is 0 Å². The molecule has 0 bridgehead atoms. The molecule has 5 aromatic rings. The van der Waals surface area contributed by atoms with Gasteiger partial charge in [-0.05, 0) is 41.8 Å². The summed E-state index contributed by atoms with van der Waals surface area (Å²) in [6, 6.07) is 16.2. The zero-order valence-corrected chi connectivity index (χ0v) is 15.3. The average Bonchev–Trinajstić information content (AvgIpc) is 3.11. The number of aromatic nitrogens is 5. The van der Waals surface area contributed by atoms with Crippen LogP contribution in [0.1, 0.15) is 11.3 Å². The lowest BCUT2D eigenvalue weighted by Crippen LogP contribution is -2.21. The van der Waals surface area contributed by atoms with E-state index in [9.17, 15) is 4.79 Å². The molecule has 0 amide bonds. The summed E-state index contributed by atoms with van der Waals surface area (Å²) in [6.07, 6.45) is 4.80. The fourth-order valence-electron chi connectivity index (χ4n) is 3.49. The van der Waals surface area contributed by atoms with Crippen LogP contribution < -0.4 is 5.56 Å². The number of benzene rings is 2. The summed E-state index contributed by atoms with van der Waals surface area (Å²) in [5, 5.41) is 9.08. The number of aromatic amines is 1. The van der Waals surface area contributed by atoms with Gasteiger partial charge in [0.25, 0.3) is 5.56 Å². The van der Waals surface area contributed by atoms with Gasteiger partial charge in [0.15, 0.2) is 0 Å². The molecule has 6 heteroatoms. The van der Waals surface area contributed by atoms with Gasteiger partial charge in [0.1, 0.15) is 0 Å². The summed E-state index contributed by atoms with van der Waals surface area (Å²) in [5.74, 6) is 0. The first-order chi connectivity index (χ1) is 13.7. The Morgan fingerprint density at radius 3 is 2.82 bits per heavy atom. The quantitative estimate of drug-likeness (QED) is 0.528. The highest BCUT2D eigenvalue weighted by molar-refractivity contribution is 5.86. The van der Waals surface area contributed by atoms with Gasteiger partial charge in [-0.2, -0.15) is 5.10 Å². The maximum atomic E-state index is 12.7. The van der Waals surface area contributed by atoms with Crippen LogP contribution >= 0.6 is 0 Å². The third kappa shape index (κ3) is 2.75. The van der Waals surface area contributed by atoms with Crippen molar-refractivity contribution in [1.82, 2.24) is 24.7 Å². The van der Waals surface area contributed by atoms with Crippen LogP contribution in [-0.4, -0.2) is 24.7 Å². The maximum absolute atomic E-state index is 12.7. The van der Waals surface area contributed by atoms with Crippen LogP contribution in [0.15, 0.2) is 72.0 Å². The van der Waals surface area contributed by atoms with Gasteiger partial charge in [0.05, 0.1) is 35.5 Å². The molecule has 0 unspecified atom stereocenters. The van der Waals surface area contributed by atoms with Crippen LogP contribution in [-0.2, 0) is 6.54 Å². The lowest BCUT2D eigenvalue weighted by molar-refractivity contribution is 0.748. The zero-order chi connectivity index (χ0) is 19.1. The number of hydrogen-bond acceptors (Lipinski definition) is 4. The van der Waals surface area contributed by atoms with E-state index >= 15 is 0 Å². The third-order valence-electron chi connectivity index (χ3n) is 4.99. The second-order valence-corrected chi connectivity index (χ2v) is 6.85. The summed E-state index contributed by atoms with van der Waals surface area (Å²) in [7, 11) is 0. The molecule has 6 nitrogen and oxygen atoms in total. The summed E-state index contributed by atoms with van der Waals surface area (Å²) >= 11 is 0. The number of fused-ring (bicyclic) bond motifs is 2. The lowest BCUT2D eigenvalue weighted by atomic mass is 10.0. The van der Waals surface area contributed by atoms with Crippen LogP contribution in [0.4, 0.5) is 0 Å². The van der Waals surface area contributed by atoms with Gasteiger partial charge < -0.3 is 0 Å². The minimum Gasteiger partial charge on any atom is -0.294 e. The Labute approximate surface area is 160 Å². The van der Waals surface area contributed by atoms with Crippen LogP contribution in [0.25, 0.3) is 32.9 Å². The number of nitrogens with one attached hydrogen (secondary N) is 1. The molecular weight excluding hydrogens is 350 g/mol. The highest BCUT2D eigenvalue weighted by Crippen LogP contribution is 2.25. The fraction of sp³-hybridized carbons (Fsp3) is 0.0909. The van der Waals surface area contributed by atoms with E-state index in [1.54, 1.807) is 29.4 Å². The highest BCUT2D eigenvalue weighted by Gasteiger charge is 2.07. The molecule has 1 N–H and O–H groups in total. The Morgan fingerprint density at radius 2 is 1.89 bits per heavy atom. The highest BCUT2D eigenvalue weighted by atomic mass is 16.1. The second kappa shape index (κ2) is 6.42. The first-order valence-corrected chi connectivity index (χ1v) is 9.02. The molecule has 0 fully saturated rings. The Hall–Kier alpha value is -3.80. The number of hydrogen-bond donors (Lipinski definition) is 1. The third-order valence-corrected chi connectivity index (χ3v) is 4.99. The van der Waals surface area contributed by atoms with Crippen molar-refractivity contribution in [2.75, 3.05) is 0 Å². The number of aryl methyl sites for hydroxylation is 1. The number of H-pyrrole nitrogens is 1. The van der Waals surface area contributed by atoms with Gasteiger partial charge in [0, 0.05) is 17.3 Å². The summed E-state index contributed by atoms with van der Waals surface area (Å²) in [6.45, 7) is 2.47. The van der Waals surface area contributed by atoms with Crippen molar-refractivity contribution >= 4 is 21.8 Å². The summed E-state index contributed by atoms with van der Waals surface area (Å²) in [4.78, 5) is 21.1. The molecule has 136 valence electrons. The molecule has 0 atom stereocenters. The Balaban J connectivity index is 1.52. The standard InChI is InChI=1S/C22H17N5O/c1-14-18-6-5-17(10-20(18)26-25-14)16-4-2-3-15(9-16)12-27-13-24-21-11-23-8-7-19(21)22(27)28/h2-11,13H,12H2,1H3,(H,25,26). The minimum absolute atomic E-state index is 0.0637. The predicted octanol–water partition coefficient (Wildman–Crippen LogP) is 3.69. The number of rotatable bonds is 3. The molecule has 0 aliphatic rings. The summed E-state index contributed by atoms with van der Waals surface area (Å²) in [5.41, 5.74) is 5.78. The molecule has 0 saturated carbocycles. The molecule has 0 aliphatic heterocycles.